The largest absolute Gasteiger partial charge is 0.338 e. The van der Waals surface area contributed by atoms with E-state index in [-0.39, 0.29) is 11.5 Å². The van der Waals surface area contributed by atoms with Crippen molar-refractivity contribution in [3.05, 3.63) is 34.6 Å². The third-order valence-electron chi connectivity index (χ3n) is 4.31. The summed E-state index contributed by atoms with van der Waals surface area (Å²) in [6.45, 7) is 2.13. The van der Waals surface area contributed by atoms with Crippen LogP contribution in [0, 0.1) is 0 Å². The van der Waals surface area contributed by atoms with Gasteiger partial charge in [0.1, 0.15) is 0 Å². The summed E-state index contributed by atoms with van der Waals surface area (Å²) in [5.74, 6) is 1.28. The van der Waals surface area contributed by atoms with Crippen LogP contribution in [0.25, 0.3) is 11.4 Å². The van der Waals surface area contributed by atoms with E-state index in [1.807, 2.05) is 24.3 Å². The van der Waals surface area contributed by atoms with E-state index in [0.717, 1.165) is 29.3 Å². The lowest BCUT2D eigenvalue weighted by Gasteiger charge is -2.35. The number of hydrogen-bond donors (Lipinski definition) is 1. The monoisotopic (exact) mass is 335 g/mol. The Balaban J connectivity index is 1.96. The molecular formula is C15H18BrN3O. The lowest BCUT2D eigenvalue weighted by Crippen LogP contribution is -2.45. The number of hydrogen-bond acceptors (Lipinski definition) is 4. The molecule has 4 nitrogen and oxygen atoms in total. The molecule has 0 radical (unpaired) electrons. The summed E-state index contributed by atoms with van der Waals surface area (Å²) in [5, 5.41) is 4.13. The number of aromatic nitrogens is 2. The molecule has 0 saturated heterocycles. The smallest absolute Gasteiger partial charge is 0.234 e. The van der Waals surface area contributed by atoms with Crippen molar-refractivity contribution in [2.24, 2.45) is 5.73 Å². The molecule has 1 heterocycles. The fraction of sp³-hybridized carbons (Fsp3) is 0.467. The third-order valence-corrected chi connectivity index (χ3v) is 5.00. The molecule has 0 amide bonds. The van der Waals surface area contributed by atoms with Crippen molar-refractivity contribution in [2.75, 3.05) is 0 Å². The normalized spacial score (nSPS) is 26.6. The van der Waals surface area contributed by atoms with E-state index in [1.165, 1.54) is 6.42 Å². The van der Waals surface area contributed by atoms with Crippen LogP contribution in [0.2, 0.25) is 0 Å². The Morgan fingerprint density at radius 1 is 1.35 bits per heavy atom. The zero-order valence-corrected chi connectivity index (χ0v) is 13.1. The van der Waals surface area contributed by atoms with Gasteiger partial charge in [-0.15, -0.1) is 0 Å². The van der Waals surface area contributed by atoms with Crippen molar-refractivity contribution in [1.29, 1.82) is 0 Å². The first-order chi connectivity index (χ1) is 9.61. The Morgan fingerprint density at radius 2 is 2.15 bits per heavy atom. The average molecular weight is 336 g/mol. The summed E-state index contributed by atoms with van der Waals surface area (Å²) in [4.78, 5) is 4.60. The van der Waals surface area contributed by atoms with Gasteiger partial charge in [0.15, 0.2) is 0 Å². The molecule has 3 rings (SSSR count). The maximum Gasteiger partial charge on any atom is 0.234 e. The maximum atomic E-state index is 6.29. The summed E-state index contributed by atoms with van der Waals surface area (Å²) >= 11 is 3.52. The van der Waals surface area contributed by atoms with E-state index in [2.05, 4.69) is 33.0 Å². The van der Waals surface area contributed by atoms with Gasteiger partial charge in [-0.1, -0.05) is 46.1 Å². The molecule has 1 aromatic heterocycles. The fourth-order valence-electron chi connectivity index (χ4n) is 2.83. The van der Waals surface area contributed by atoms with Crippen LogP contribution < -0.4 is 5.73 Å². The number of halogens is 1. The quantitative estimate of drug-likeness (QED) is 0.909. The van der Waals surface area contributed by atoms with Gasteiger partial charge >= 0.3 is 0 Å². The first kappa shape index (κ1) is 13.8. The van der Waals surface area contributed by atoms with Gasteiger partial charge in [-0.2, -0.15) is 4.98 Å². The predicted molar refractivity (Wildman–Crippen MR) is 81.2 cm³/mol. The van der Waals surface area contributed by atoms with Crippen LogP contribution in [-0.2, 0) is 5.41 Å². The summed E-state index contributed by atoms with van der Waals surface area (Å²) in [7, 11) is 0. The van der Waals surface area contributed by atoms with E-state index >= 15 is 0 Å². The van der Waals surface area contributed by atoms with Gasteiger partial charge in [0.2, 0.25) is 11.7 Å². The van der Waals surface area contributed by atoms with Crippen molar-refractivity contribution in [2.45, 2.75) is 44.1 Å². The zero-order valence-electron chi connectivity index (χ0n) is 11.5. The molecule has 2 aromatic rings. The molecule has 2 N–H and O–H groups in total. The van der Waals surface area contributed by atoms with Gasteiger partial charge in [0, 0.05) is 16.1 Å². The Hall–Kier alpha value is -1.20. The molecule has 0 spiro atoms. The highest BCUT2D eigenvalue weighted by Crippen LogP contribution is 2.38. The van der Waals surface area contributed by atoms with Gasteiger partial charge in [0.25, 0.3) is 0 Å². The summed E-state index contributed by atoms with van der Waals surface area (Å²) in [6.07, 6.45) is 4.37. The Kier molecular flexibility index (Phi) is 3.65. The van der Waals surface area contributed by atoms with Gasteiger partial charge in [-0.05, 0) is 31.9 Å². The molecule has 1 fully saturated rings. The molecule has 20 heavy (non-hydrogen) atoms. The highest BCUT2D eigenvalue weighted by atomic mass is 79.9. The van der Waals surface area contributed by atoms with E-state index < -0.39 is 0 Å². The zero-order chi connectivity index (χ0) is 14.2. The molecule has 106 valence electrons. The summed E-state index contributed by atoms with van der Waals surface area (Å²) < 4.78 is 6.49. The maximum absolute atomic E-state index is 6.29. The first-order valence-corrected chi connectivity index (χ1v) is 7.75. The Bertz CT molecular complexity index is 613. The van der Waals surface area contributed by atoms with Crippen molar-refractivity contribution in [3.63, 3.8) is 0 Å². The molecule has 5 heteroatoms. The first-order valence-electron chi connectivity index (χ1n) is 6.96. The van der Waals surface area contributed by atoms with Gasteiger partial charge in [0.05, 0.1) is 5.41 Å². The number of nitrogens with two attached hydrogens (primary N) is 1. The number of nitrogens with zero attached hydrogens (tertiary/aromatic N) is 2. The second-order valence-corrected chi connectivity index (χ2v) is 6.53. The molecule has 1 aliphatic rings. The molecular weight excluding hydrogens is 318 g/mol. The number of benzene rings is 1. The second kappa shape index (κ2) is 5.30. The predicted octanol–water partition coefficient (Wildman–Crippen LogP) is 3.66. The van der Waals surface area contributed by atoms with Crippen molar-refractivity contribution < 1.29 is 4.52 Å². The van der Waals surface area contributed by atoms with Crippen LogP contribution in [0.15, 0.2) is 33.3 Å². The Labute approximate surface area is 126 Å². The topological polar surface area (TPSA) is 64.9 Å². The standard InChI is InChI=1S/C15H18BrN3O/c1-15(9-5-4-8-12(15)17)14-18-13(19-20-14)10-6-2-3-7-11(10)16/h2-3,6-7,12H,4-5,8-9,17H2,1H3. The van der Waals surface area contributed by atoms with E-state index in [9.17, 15) is 0 Å². The SMILES string of the molecule is CC1(c2nc(-c3ccccc3Br)no2)CCCCC1N. The van der Waals surface area contributed by atoms with Crippen LogP contribution in [0.3, 0.4) is 0 Å². The minimum atomic E-state index is -0.204. The van der Waals surface area contributed by atoms with Crippen LogP contribution in [0.4, 0.5) is 0 Å². The number of rotatable bonds is 2. The Morgan fingerprint density at radius 3 is 2.90 bits per heavy atom. The van der Waals surface area contributed by atoms with Crippen LogP contribution in [0.1, 0.15) is 38.5 Å². The summed E-state index contributed by atoms with van der Waals surface area (Å²) in [5.41, 5.74) is 7.02. The van der Waals surface area contributed by atoms with E-state index in [1.54, 1.807) is 0 Å². The molecule has 0 aliphatic heterocycles. The van der Waals surface area contributed by atoms with E-state index in [4.69, 9.17) is 10.3 Å². The van der Waals surface area contributed by atoms with Crippen molar-refractivity contribution in [1.82, 2.24) is 10.1 Å². The second-order valence-electron chi connectivity index (χ2n) is 5.67. The molecule has 1 saturated carbocycles. The minimum absolute atomic E-state index is 0.0868. The molecule has 2 atom stereocenters. The van der Waals surface area contributed by atoms with Gasteiger partial charge in [-0.25, -0.2) is 0 Å². The van der Waals surface area contributed by atoms with Crippen molar-refractivity contribution >= 4 is 15.9 Å². The highest BCUT2D eigenvalue weighted by Gasteiger charge is 2.40. The van der Waals surface area contributed by atoms with Gasteiger partial charge < -0.3 is 10.3 Å². The van der Waals surface area contributed by atoms with Crippen molar-refractivity contribution in [3.8, 4) is 11.4 Å². The van der Waals surface area contributed by atoms with Crippen LogP contribution >= 0.6 is 15.9 Å². The van der Waals surface area contributed by atoms with Gasteiger partial charge in [-0.3, -0.25) is 0 Å². The fourth-order valence-corrected chi connectivity index (χ4v) is 3.30. The lowest BCUT2D eigenvalue weighted by atomic mass is 9.72. The average Bonchev–Trinajstić information content (AvgIpc) is 2.93. The molecule has 1 aliphatic carbocycles. The van der Waals surface area contributed by atoms with E-state index in [0.29, 0.717) is 11.7 Å². The third kappa shape index (κ3) is 2.29. The lowest BCUT2D eigenvalue weighted by molar-refractivity contribution is 0.203. The minimum Gasteiger partial charge on any atom is -0.338 e. The van der Waals surface area contributed by atoms with Crippen LogP contribution in [-0.4, -0.2) is 16.2 Å². The molecule has 0 bridgehead atoms. The highest BCUT2D eigenvalue weighted by molar-refractivity contribution is 9.10. The van der Waals surface area contributed by atoms with Crippen LogP contribution in [0.5, 0.6) is 0 Å². The molecule has 1 aromatic carbocycles. The molecule has 2 unspecified atom stereocenters. The summed E-state index contributed by atoms with van der Waals surface area (Å²) in [6, 6.07) is 7.96.